The molecule has 0 N–H and O–H groups in total. The highest BCUT2D eigenvalue weighted by molar-refractivity contribution is 6.11. The zero-order chi connectivity index (χ0) is 15.4. The summed E-state index contributed by atoms with van der Waals surface area (Å²) < 4.78 is 13.1. The van der Waals surface area contributed by atoms with Gasteiger partial charge in [-0.1, -0.05) is 48.7 Å². The SMILES string of the molecule is [B]C1CCC(c2ccc(C#Cc3cccc(F)c3)cc2)CC1. The predicted molar refractivity (Wildman–Crippen MR) is 89.5 cm³/mol. The quantitative estimate of drug-likeness (QED) is 0.520. The third-order valence-corrected chi connectivity index (χ3v) is 4.33. The summed E-state index contributed by atoms with van der Waals surface area (Å²) in [5.74, 6) is 6.85. The van der Waals surface area contributed by atoms with Gasteiger partial charge in [0.25, 0.3) is 0 Å². The van der Waals surface area contributed by atoms with Crippen molar-refractivity contribution in [3.05, 3.63) is 71.0 Å². The number of halogens is 1. The highest BCUT2D eigenvalue weighted by atomic mass is 19.1. The Labute approximate surface area is 133 Å². The standard InChI is InChI=1S/C20H18BF/c21-19-12-10-18(11-13-19)17-8-6-15(7-9-17)4-5-16-2-1-3-20(22)14-16/h1-3,6-9,14,18-19H,10-13H2. The highest BCUT2D eigenvalue weighted by Crippen LogP contribution is 2.36. The molecule has 0 spiro atoms. The van der Waals surface area contributed by atoms with E-state index < -0.39 is 0 Å². The first-order chi connectivity index (χ1) is 10.7. The summed E-state index contributed by atoms with van der Waals surface area (Å²) in [7, 11) is 5.96. The molecule has 0 saturated heterocycles. The Hall–Kier alpha value is -2.01. The second-order valence-corrected chi connectivity index (χ2v) is 5.99. The van der Waals surface area contributed by atoms with Crippen LogP contribution in [-0.4, -0.2) is 7.85 Å². The Bertz CT molecular complexity index is 686. The lowest BCUT2D eigenvalue weighted by molar-refractivity contribution is 0.444. The van der Waals surface area contributed by atoms with Crippen LogP contribution in [0.1, 0.15) is 48.3 Å². The van der Waals surface area contributed by atoms with E-state index in [9.17, 15) is 4.39 Å². The topological polar surface area (TPSA) is 0 Å². The molecule has 1 aliphatic rings. The van der Waals surface area contributed by atoms with Crippen LogP contribution in [0, 0.1) is 17.7 Å². The molecule has 1 aliphatic carbocycles. The van der Waals surface area contributed by atoms with E-state index in [1.54, 1.807) is 6.07 Å². The third-order valence-electron chi connectivity index (χ3n) is 4.33. The Kier molecular flexibility index (Phi) is 4.63. The second-order valence-electron chi connectivity index (χ2n) is 5.99. The molecule has 0 nitrogen and oxygen atoms in total. The van der Waals surface area contributed by atoms with Crippen LogP contribution >= 0.6 is 0 Å². The van der Waals surface area contributed by atoms with Gasteiger partial charge in [-0.15, -0.1) is 0 Å². The highest BCUT2D eigenvalue weighted by Gasteiger charge is 2.18. The van der Waals surface area contributed by atoms with Crippen molar-refractivity contribution in [3.63, 3.8) is 0 Å². The second kappa shape index (κ2) is 6.84. The molecule has 0 unspecified atom stereocenters. The zero-order valence-corrected chi connectivity index (χ0v) is 12.6. The summed E-state index contributed by atoms with van der Waals surface area (Å²) in [4.78, 5) is 0. The van der Waals surface area contributed by atoms with Gasteiger partial charge in [0.2, 0.25) is 0 Å². The average molecular weight is 288 g/mol. The van der Waals surface area contributed by atoms with Gasteiger partial charge in [-0.05, 0) is 54.7 Å². The molecule has 0 heterocycles. The lowest BCUT2D eigenvalue weighted by atomic mass is 9.70. The van der Waals surface area contributed by atoms with E-state index in [2.05, 4.69) is 36.1 Å². The molecule has 2 heteroatoms. The van der Waals surface area contributed by atoms with Gasteiger partial charge in [0.05, 0.1) is 7.85 Å². The van der Waals surface area contributed by atoms with Crippen molar-refractivity contribution in [1.29, 1.82) is 0 Å². The minimum absolute atomic E-state index is 0.252. The van der Waals surface area contributed by atoms with Crippen LogP contribution in [0.5, 0.6) is 0 Å². The molecule has 1 saturated carbocycles. The smallest absolute Gasteiger partial charge is 0.124 e. The predicted octanol–water partition coefficient (Wildman–Crippen LogP) is 4.84. The molecule has 2 aromatic carbocycles. The van der Waals surface area contributed by atoms with Crippen molar-refractivity contribution in [2.75, 3.05) is 0 Å². The monoisotopic (exact) mass is 288 g/mol. The van der Waals surface area contributed by atoms with Crippen LogP contribution in [0.25, 0.3) is 0 Å². The summed E-state index contributed by atoms with van der Waals surface area (Å²) in [5.41, 5.74) is 3.04. The van der Waals surface area contributed by atoms with Crippen LogP contribution in [0.15, 0.2) is 48.5 Å². The summed E-state index contributed by atoms with van der Waals surface area (Å²) in [6, 6.07) is 14.8. The summed E-state index contributed by atoms with van der Waals surface area (Å²) >= 11 is 0. The average Bonchev–Trinajstić information content (AvgIpc) is 2.54. The molecule has 2 radical (unpaired) electrons. The summed E-state index contributed by atoms with van der Waals surface area (Å²) in [5, 5.41) is 0. The molecule has 0 aromatic heterocycles. The van der Waals surface area contributed by atoms with Crippen molar-refractivity contribution < 1.29 is 4.39 Å². The minimum Gasteiger partial charge on any atom is -0.207 e. The van der Waals surface area contributed by atoms with Crippen LogP contribution in [0.3, 0.4) is 0 Å². The first kappa shape index (κ1) is 14.9. The van der Waals surface area contributed by atoms with Crippen molar-refractivity contribution in [1.82, 2.24) is 0 Å². The van der Waals surface area contributed by atoms with E-state index in [-0.39, 0.29) is 5.82 Å². The number of hydrogen-bond donors (Lipinski definition) is 0. The maximum absolute atomic E-state index is 13.1. The fourth-order valence-electron chi connectivity index (χ4n) is 3.00. The van der Waals surface area contributed by atoms with Crippen molar-refractivity contribution >= 4 is 7.85 Å². The largest absolute Gasteiger partial charge is 0.207 e. The van der Waals surface area contributed by atoms with Crippen LogP contribution < -0.4 is 0 Å². The minimum atomic E-state index is -0.252. The lowest BCUT2D eigenvalue weighted by Crippen LogP contribution is -2.09. The number of hydrogen-bond acceptors (Lipinski definition) is 0. The van der Waals surface area contributed by atoms with E-state index >= 15 is 0 Å². The van der Waals surface area contributed by atoms with Gasteiger partial charge in [0.1, 0.15) is 5.82 Å². The molecule has 108 valence electrons. The normalized spacial score (nSPS) is 21.0. The zero-order valence-electron chi connectivity index (χ0n) is 12.6. The Balaban J connectivity index is 1.70. The maximum atomic E-state index is 13.1. The lowest BCUT2D eigenvalue weighted by Gasteiger charge is -2.26. The van der Waals surface area contributed by atoms with E-state index in [0.29, 0.717) is 17.3 Å². The molecular weight excluding hydrogens is 270 g/mol. The van der Waals surface area contributed by atoms with Crippen LogP contribution in [0.2, 0.25) is 5.82 Å². The number of benzene rings is 2. The fraction of sp³-hybridized carbons (Fsp3) is 0.300. The molecule has 0 amide bonds. The van der Waals surface area contributed by atoms with Crippen molar-refractivity contribution in [2.24, 2.45) is 0 Å². The first-order valence-electron chi connectivity index (χ1n) is 7.84. The van der Waals surface area contributed by atoms with E-state index in [1.165, 1.54) is 30.5 Å². The first-order valence-corrected chi connectivity index (χ1v) is 7.84. The van der Waals surface area contributed by atoms with E-state index in [0.717, 1.165) is 18.4 Å². The van der Waals surface area contributed by atoms with Crippen molar-refractivity contribution in [3.8, 4) is 11.8 Å². The molecule has 1 fully saturated rings. The Morgan fingerprint density at radius 3 is 2.23 bits per heavy atom. The van der Waals surface area contributed by atoms with Gasteiger partial charge in [-0.3, -0.25) is 0 Å². The van der Waals surface area contributed by atoms with Gasteiger partial charge in [-0.25, -0.2) is 4.39 Å². The van der Waals surface area contributed by atoms with Gasteiger partial charge in [0.15, 0.2) is 0 Å². The Morgan fingerprint density at radius 2 is 1.55 bits per heavy atom. The van der Waals surface area contributed by atoms with Gasteiger partial charge in [-0.2, -0.15) is 0 Å². The number of rotatable bonds is 1. The fourth-order valence-corrected chi connectivity index (χ4v) is 3.00. The third kappa shape index (κ3) is 3.80. The molecule has 0 atom stereocenters. The van der Waals surface area contributed by atoms with E-state index in [4.69, 9.17) is 7.85 Å². The van der Waals surface area contributed by atoms with Crippen LogP contribution in [-0.2, 0) is 0 Å². The van der Waals surface area contributed by atoms with Gasteiger partial charge >= 0.3 is 0 Å². The molecule has 0 aliphatic heterocycles. The molecule has 22 heavy (non-hydrogen) atoms. The molecule has 0 bridgehead atoms. The van der Waals surface area contributed by atoms with E-state index in [1.807, 2.05) is 6.07 Å². The van der Waals surface area contributed by atoms with Gasteiger partial charge < -0.3 is 0 Å². The van der Waals surface area contributed by atoms with Crippen LogP contribution in [0.4, 0.5) is 4.39 Å². The molecular formula is C20H18BF. The Morgan fingerprint density at radius 1 is 0.864 bits per heavy atom. The van der Waals surface area contributed by atoms with Crippen molar-refractivity contribution in [2.45, 2.75) is 37.4 Å². The summed E-state index contributed by atoms with van der Waals surface area (Å²) in [6.45, 7) is 0. The molecule has 3 rings (SSSR count). The maximum Gasteiger partial charge on any atom is 0.124 e. The molecule has 2 aromatic rings. The summed E-state index contributed by atoms with van der Waals surface area (Å²) in [6.07, 6.45) is 4.59. The van der Waals surface area contributed by atoms with Gasteiger partial charge in [0, 0.05) is 11.1 Å².